The van der Waals surface area contributed by atoms with Crippen molar-refractivity contribution in [2.24, 2.45) is 0 Å². The van der Waals surface area contributed by atoms with Gasteiger partial charge in [-0.15, -0.1) is 4.52 Å². The first-order chi connectivity index (χ1) is 10.1. The average Bonchev–Trinajstić information content (AvgIpc) is 2.58. The van der Waals surface area contributed by atoms with Gasteiger partial charge in [-0.2, -0.15) is 0 Å². The van der Waals surface area contributed by atoms with Crippen molar-refractivity contribution in [3.63, 3.8) is 0 Å². The molecule has 0 saturated carbocycles. The van der Waals surface area contributed by atoms with Crippen LogP contribution in [0, 0.1) is 0 Å². The number of ketones is 1. The number of halogens is 2. The fourth-order valence-electron chi connectivity index (χ4n) is 2.30. The first-order valence-electron chi connectivity index (χ1n) is 6.37. The Bertz CT molecular complexity index is 554. The molecule has 2 aliphatic rings. The lowest BCUT2D eigenvalue weighted by Gasteiger charge is -2.32. The lowest BCUT2D eigenvalue weighted by atomic mass is 9.96. The number of allylic oxidation sites excluding steroid dienone is 1. The van der Waals surface area contributed by atoms with Crippen LogP contribution in [-0.4, -0.2) is 58.8 Å². The van der Waals surface area contributed by atoms with Gasteiger partial charge in [0.05, 0.1) is 6.42 Å². The van der Waals surface area contributed by atoms with Crippen LogP contribution in [0.4, 0.5) is 8.78 Å². The Hall–Kier alpha value is -1.28. The Morgan fingerprint density at radius 3 is 2.73 bits per heavy atom. The molecule has 0 aromatic heterocycles. The number of aliphatic hydroxyl groups is 1. The molecule has 1 fully saturated rings. The van der Waals surface area contributed by atoms with Crippen molar-refractivity contribution < 1.29 is 37.3 Å². The first-order valence-corrected chi connectivity index (χ1v) is 8.00. The molecular formula is C12H15F2NO6P+. The van der Waals surface area contributed by atoms with Gasteiger partial charge in [-0.1, -0.05) is 0 Å². The quantitative estimate of drug-likeness (QED) is 0.602. The number of rotatable bonds is 4. The van der Waals surface area contributed by atoms with Gasteiger partial charge >= 0.3 is 8.03 Å². The zero-order valence-electron chi connectivity index (χ0n) is 11.9. The van der Waals surface area contributed by atoms with Crippen molar-refractivity contribution in [3.8, 4) is 0 Å². The molecule has 2 aliphatic heterocycles. The molecular weight excluding hydrogens is 323 g/mol. The van der Waals surface area contributed by atoms with Crippen LogP contribution in [0.2, 0.25) is 0 Å². The van der Waals surface area contributed by atoms with Gasteiger partial charge in [-0.25, -0.2) is 8.78 Å². The number of carbonyl (C=O) groups excluding carboxylic acids is 2. The normalized spacial score (nSPS) is 39.5. The number of carbonyl (C=O) groups is 2. The zero-order valence-corrected chi connectivity index (χ0v) is 12.8. The summed E-state index contributed by atoms with van der Waals surface area (Å²) in [7, 11) is -2.18. The summed E-state index contributed by atoms with van der Waals surface area (Å²) in [6.07, 6.45) is -2.53. The van der Waals surface area contributed by atoms with Crippen LogP contribution in [0.5, 0.6) is 0 Å². The third kappa shape index (κ3) is 2.94. The molecule has 1 N–H and O–H groups in total. The summed E-state index contributed by atoms with van der Waals surface area (Å²) in [4.78, 5) is 23.6. The maximum absolute atomic E-state index is 14.7. The van der Waals surface area contributed by atoms with E-state index in [9.17, 15) is 28.0 Å². The Morgan fingerprint density at radius 1 is 1.55 bits per heavy atom. The molecule has 7 nitrogen and oxygen atoms in total. The number of ether oxygens (including phenoxy) is 1. The molecule has 1 amide bonds. The molecule has 0 aromatic carbocycles. The minimum Gasteiger partial charge on any atom is -0.383 e. The van der Waals surface area contributed by atoms with E-state index in [1.807, 2.05) is 0 Å². The Morgan fingerprint density at radius 2 is 2.18 bits per heavy atom. The second kappa shape index (κ2) is 5.73. The van der Waals surface area contributed by atoms with Crippen LogP contribution in [0.1, 0.15) is 13.3 Å². The molecule has 0 bridgehead atoms. The van der Waals surface area contributed by atoms with E-state index in [1.165, 1.54) is 0 Å². The average molecular weight is 338 g/mol. The van der Waals surface area contributed by atoms with Gasteiger partial charge in [0.15, 0.2) is 37.1 Å². The van der Waals surface area contributed by atoms with Gasteiger partial charge in [0.2, 0.25) is 5.91 Å². The highest BCUT2D eigenvalue weighted by Crippen LogP contribution is 2.45. The molecule has 122 valence electrons. The molecule has 2 rings (SSSR count). The summed E-state index contributed by atoms with van der Waals surface area (Å²) in [6.45, 7) is 1.07. The number of aliphatic hydroxyl groups excluding tert-OH is 1. The minimum absolute atomic E-state index is 0.474. The summed E-state index contributed by atoms with van der Waals surface area (Å²) >= 11 is 0. The summed E-state index contributed by atoms with van der Waals surface area (Å²) in [5.41, 5.74) is -2.65. The van der Waals surface area contributed by atoms with Gasteiger partial charge in [0, 0.05) is 6.20 Å². The molecule has 0 spiro atoms. The lowest BCUT2D eigenvalue weighted by molar-refractivity contribution is -0.208. The van der Waals surface area contributed by atoms with E-state index in [-0.39, 0.29) is 0 Å². The number of amides is 1. The molecule has 10 heteroatoms. The fraction of sp³-hybridized carbons (Fsp3) is 0.667. The van der Waals surface area contributed by atoms with Gasteiger partial charge < -0.3 is 9.84 Å². The number of hydrogen-bond acceptors (Lipinski definition) is 6. The van der Waals surface area contributed by atoms with Gasteiger partial charge in [0.25, 0.3) is 5.85 Å². The second-order valence-electron chi connectivity index (χ2n) is 5.28. The Labute approximate surface area is 125 Å². The zero-order chi connectivity index (χ0) is 16.7. The van der Waals surface area contributed by atoms with Crippen molar-refractivity contribution in [2.75, 3.05) is 13.3 Å². The van der Waals surface area contributed by atoms with Crippen molar-refractivity contribution in [1.29, 1.82) is 0 Å². The molecule has 5 atom stereocenters. The van der Waals surface area contributed by atoms with Crippen LogP contribution in [-0.2, 0) is 23.4 Å². The molecule has 22 heavy (non-hydrogen) atoms. The van der Waals surface area contributed by atoms with E-state index < -0.39 is 56.6 Å². The van der Waals surface area contributed by atoms with E-state index in [1.54, 1.807) is 0 Å². The smallest absolute Gasteiger partial charge is 0.383 e. The standard InChI is InChI=1S/C12H15F2NO6P/c1-11(13)9(18)12(14,6-20-22(2)19)21-10(11)15-4-3-7(16)5-8(15)17/h3-4,9-10,18H,5-6H2,1-2H3/q+1/t9-,10+,11+,12+/m0/s1. The third-order valence-electron chi connectivity index (χ3n) is 3.46. The summed E-state index contributed by atoms with van der Waals surface area (Å²) in [5, 5.41) is 9.85. The first kappa shape index (κ1) is 17.1. The highest BCUT2D eigenvalue weighted by Gasteiger charge is 2.66. The third-order valence-corrected chi connectivity index (χ3v) is 3.96. The largest absolute Gasteiger partial charge is 0.505 e. The van der Waals surface area contributed by atoms with Crippen LogP contribution >= 0.6 is 8.03 Å². The maximum atomic E-state index is 14.7. The van der Waals surface area contributed by atoms with E-state index in [0.29, 0.717) is 0 Å². The van der Waals surface area contributed by atoms with Crippen molar-refractivity contribution in [2.45, 2.75) is 37.2 Å². The van der Waals surface area contributed by atoms with Crippen molar-refractivity contribution in [3.05, 3.63) is 12.3 Å². The van der Waals surface area contributed by atoms with Crippen LogP contribution < -0.4 is 0 Å². The summed E-state index contributed by atoms with van der Waals surface area (Å²) < 4.78 is 49.6. The molecule has 0 aromatic rings. The fourth-order valence-corrected chi connectivity index (χ4v) is 2.65. The molecule has 1 saturated heterocycles. The molecule has 1 unspecified atom stereocenters. The van der Waals surface area contributed by atoms with Crippen LogP contribution in [0.3, 0.4) is 0 Å². The van der Waals surface area contributed by atoms with E-state index in [0.717, 1.165) is 30.8 Å². The SMILES string of the molecule is C[P+](=O)OC[C@@]1(F)O[C@@H](N2C=CC(=O)CC2=O)[C@](C)(F)[C@@H]1O. The topological polar surface area (TPSA) is 93.1 Å². The Balaban J connectivity index is 2.26. The molecule has 2 heterocycles. The number of nitrogens with zero attached hydrogens (tertiary/aromatic N) is 1. The van der Waals surface area contributed by atoms with E-state index >= 15 is 0 Å². The summed E-state index contributed by atoms with van der Waals surface area (Å²) in [6, 6.07) is 0. The summed E-state index contributed by atoms with van der Waals surface area (Å²) in [5.74, 6) is -4.22. The number of alkyl halides is 2. The highest BCUT2D eigenvalue weighted by atomic mass is 31.1. The van der Waals surface area contributed by atoms with Crippen LogP contribution in [0.25, 0.3) is 0 Å². The van der Waals surface area contributed by atoms with Gasteiger partial charge in [-0.3, -0.25) is 14.5 Å². The monoisotopic (exact) mass is 338 g/mol. The van der Waals surface area contributed by atoms with Crippen LogP contribution in [0.15, 0.2) is 12.3 Å². The number of hydrogen-bond donors (Lipinski definition) is 1. The van der Waals surface area contributed by atoms with E-state index in [4.69, 9.17) is 4.74 Å². The van der Waals surface area contributed by atoms with Gasteiger partial charge in [-0.05, 0) is 17.6 Å². The highest BCUT2D eigenvalue weighted by molar-refractivity contribution is 7.38. The predicted molar refractivity (Wildman–Crippen MR) is 69.3 cm³/mol. The van der Waals surface area contributed by atoms with Gasteiger partial charge in [0.1, 0.15) is 0 Å². The van der Waals surface area contributed by atoms with E-state index in [2.05, 4.69) is 4.52 Å². The minimum atomic E-state index is -2.97. The predicted octanol–water partition coefficient (Wildman–Crippen LogP) is 0.801. The maximum Gasteiger partial charge on any atom is 0.505 e. The van der Waals surface area contributed by atoms with Crippen molar-refractivity contribution in [1.82, 2.24) is 4.90 Å². The van der Waals surface area contributed by atoms with Crippen molar-refractivity contribution >= 4 is 19.7 Å². The molecule has 0 aliphatic carbocycles. The second-order valence-corrected chi connectivity index (χ2v) is 6.42. The molecule has 0 radical (unpaired) electrons. The lowest BCUT2D eigenvalue weighted by Crippen LogP contribution is -2.52. The Kier molecular flexibility index (Phi) is 4.45.